The van der Waals surface area contributed by atoms with Crippen LogP contribution in [0, 0.1) is 12.3 Å². The monoisotopic (exact) mass is 468 g/mol. The number of halogens is 1. The molecule has 0 bridgehead atoms. The molecular formula is C13H15FN4O10P2. The van der Waals surface area contributed by atoms with Gasteiger partial charge in [0.25, 0.3) is 11.4 Å². The number of terminal acetylenes is 1. The molecule has 0 aliphatic carbocycles. The van der Waals surface area contributed by atoms with Gasteiger partial charge in [0.15, 0.2) is 5.65 Å². The van der Waals surface area contributed by atoms with Crippen LogP contribution in [0.15, 0.2) is 17.1 Å². The summed E-state index contributed by atoms with van der Waals surface area (Å²) in [7, 11) is -10.9. The second-order valence-corrected chi connectivity index (χ2v) is 9.05. The number of nitrogens with two attached hydrogens (primary N) is 1. The summed E-state index contributed by atoms with van der Waals surface area (Å²) >= 11 is 0. The number of anilines is 1. The second kappa shape index (κ2) is 7.24. The number of fused-ring (bicyclic) bond motifs is 1. The Bertz CT molecular complexity index is 1190. The third kappa shape index (κ3) is 4.19. The molecule has 1 unspecified atom stereocenters. The van der Waals surface area contributed by atoms with Crippen molar-refractivity contribution in [2.24, 2.45) is 0 Å². The molecule has 14 nitrogen and oxygen atoms in total. The molecule has 3 heterocycles. The Kier molecular flexibility index (Phi) is 5.45. The summed E-state index contributed by atoms with van der Waals surface area (Å²) < 4.78 is 51.4. The van der Waals surface area contributed by atoms with Gasteiger partial charge in [0.2, 0.25) is 11.7 Å². The number of phosphoric ester groups is 1. The molecule has 30 heavy (non-hydrogen) atoms. The number of H-pyrrole nitrogens is 1. The lowest BCUT2D eigenvalue weighted by Gasteiger charge is -2.28. The lowest BCUT2D eigenvalue weighted by Crippen LogP contribution is -2.41. The predicted molar refractivity (Wildman–Crippen MR) is 96.0 cm³/mol. The van der Waals surface area contributed by atoms with Crippen molar-refractivity contribution in [3.8, 4) is 12.3 Å². The maximum Gasteiger partial charge on any atom is 0.481 e. The molecule has 0 aromatic carbocycles. The van der Waals surface area contributed by atoms with E-state index in [1.165, 1.54) is 12.3 Å². The highest BCUT2D eigenvalue weighted by Crippen LogP contribution is 2.58. The van der Waals surface area contributed by atoms with Gasteiger partial charge in [-0.25, -0.2) is 13.5 Å². The Morgan fingerprint density at radius 3 is 2.77 bits per heavy atom. The van der Waals surface area contributed by atoms with E-state index in [0.29, 0.717) is 0 Å². The van der Waals surface area contributed by atoms with Crippen molar-refractivity contribution >= 4 is 32.6 Å². The zero-order valence-electron chi connectivity index (χ0n) is 14.7. The van der Waals surface area contributed by atoms with E-state index in [1.807, 2.05) is 0 Å². The van der Waals surface area contributed by atoms with Crippen molar-refractivity contribution in [1.82, 2.24) is 14.5 Å². The number of aromatic amines is 1. The first-order valence-electron chi connectivity index (χ1n) is 7.87. The Morgan fingerprint density at radius 1 is 1.50 bits per heavy atom. The quantitative estimate of drug-likeness (QED) is 0.228. The first-order valence-corrected chi connectivity index (χ1v) is 10.9. The van der Waals surface area contributed by atoms with Crippen molar-refractivity contribution in [3.63, 3.8) is 0 Å². The maximum atomic E-state index is 15.2. The summed E-state index contributed by atoms with van der Waals surface area (Å²) in [5, 5.41) is 10.2. The number of hydrogen-bond acceptors (Lipinski definition) is 9. The normalized spacial score (nSPS) is 29.0. The van der Waals surface area contributed by atoms with Crippen LogP contribution in [-0.4, -0.2) is 52.9 Å². The highest BCUT2D eigenvalue weighted by Gasteiger charge is 2.58. The number of rotatable bonds is 6. The molecule has 17 heteroatoms. The molecule has 1 saturated heterocycles. The molecule has 4 atom stereocenters. The predicted octanol–water partition coefficient (Wildman–Crippen LogP) is -0.734. The van der Waals surface area contributed by atoms with Crippen molar-refractivity contribution in [2.75, 3.05) is 12.3 Å². The summed E-state index contributed by atoms with van der Waals surface area (Å²) in [6, 6.07) is 1.29. The Morgan fingerprint density at radius 2 is 2.17 bits per heavy atom. The van der Waals surface area contributed by atoms with Crippen LogP contribution in [0.5, 0.6) is 0 Å². The minimum absolute atomic E-state index is 0.0272. The van der Waals surface area contributed by atoms with Gasteiger partial charge in [-0.3, -0.25) is 18.9 Å². The van der Waals surface area contributed by atoms with Gasteiger partial charge in [-0.15, -0.1) is 6.42 Å². The number of aromatic nitrogens is 3. The number of nitrogens with zero attached hydrogens (tertiary/aromatic N) is 2. The lowest BCUT2D eigenvalue weighted by atomic mass is 10.1. The maximum absolute atomic E-state index is 15.2. The van der Waals surface area contributed by atoms with Crippen LogP contribution in [0.4, 0.5) is 10.3 Å². The van der Waals surface area contributed by atoms with Crippen LogP contribution >= 0.6 is 15.6 Å². The van der Waals surface area contributed by atoms with E-state index in [1.54, 1.807) is 0 Å². The number of aliphatic hydroxyl groups excluding tert-OH is 1. The number of nitrogens with one attached hydrogen (secondary N) is 1. The topological polar surface area (TPSA) is 219 Å². The van der Waals surface area contributed by atoms with Gasteiger partial charge in [0.05, 0.1) is 5.39 Å². The Labute approximate surface area is 166 Å². The Hall–Kier alpha value is -2.11. The first-order chi connectivity index (χ1) is 13.7. The number of nitrogen functional groups attached to an aromatic ring is 1. The molecule has 1 fully saturated rings. The third-order valence-corrected chi connectivity index (χ3v) is 6.26. The van der Waals surface area contributed by atoms with Gasteiger partial charge in [0, 0.05) is 12.6 Å². The summed E-state index contributed by atoms with van der Waals surface area (Å²) in [5.74, 6) is -1.34. The van der Waals surface area contributed by atoms with Gasteiger partial charge in [-0.05, 0) is 12.0 Å². The number of alkyl halides is 1. The number of phosphoric acid groups is 2. The molecule has 0 amide bonds. The molecule has 2 aromatic heterocycles. The molecule has 3 rings (SSSR count). The van der Waals surface area contributed by atoms with E-state index in [4.69, 9.17) is 26.7 Å². The number of ether oxygens (including phenoxy) is 1. The average molecular weight is 468 g/mol. The second-order valence-electron chi connectivity index (χ2n) is 6.23. The summed E-state index contributed by atoms with van der Waals surface area (Å²) in [6.07, 6.45) is 4.08. The highest BCUT2D eigenvalue weighted by atomic mass is 31.3. The van der Waals surface area contributed by atoms with Gasteiger partial charge < -0.3 is 30.3 Å². The van der Waals surface area contributed by atoms with E-state index in [9.17, 15) is 23.9 Å². The fourth-order valence-corrected chi connectivity index (χ4v) is 4.50. The van der Waals surface area contributed by atoms with Gasteiger partial charge in [-0.2, -0.15) is 9.29 Å². The van der Waals surface area contributed by atoms with Crippen molar-refractivity contribution in [3.05, 3.63) is 22.6 Å². The molecule has 1 aliphatic rings. The van der Waals surface area contributed by atoms with Gasteiger partial charge >= 0.3 is 15.6 Å². The van der Waals surface area contributed by atoms with Crippen molar-refractivity contribution < 1.29 is 46.9 Å². The van der Waals surface area contributed by atoms with Gasteiger partial charge in [0.1, 0.15) is 12.7 Å². The van der Waals surface area contributed by atoms with Crippen LogP contribution in [0.2, 0.25) is 0 Å². The molecule has 1 aliphatic heterocycles. The van der Waals surface area contributed by atoms with Crippen LogP contribution < -0.4 is 11.3 Å². The van der Waals surface area contributed by atoms with E-state index in [2.05, 4.69) is 24.7 Å². The first kappa shape index (κ1) is 22.6. The van der Waals surface area contributed by atoms with Gasteiger partial charge in [-0.1, -0.05) is 0 Å². The van der Waals surface area contributed by atoms with E-state index < -0.39 is 51.9 Å². The summed E-state index contributed by atoms with van der Waals surface area (Å²) in [4.78, 5) is 44.6. The average Bonchev–Trinajstić information content (AvgIpc) is 3.12. The minimum atomic E-state index is -5.45. The Balaban J connectivity index is 1.93. The minimum Gasteiger partial charge on any atom is -0.387 e. The molecule has 2 aromatic rings. The molecule has 0 radical (unpaired) electrons. The molecule has 164 valence electrons. The fourth-order valence-electron chi connectivity index (χ4n) is 2.90. The SMILES string of the molecule is C#C[C@]1(n2ccc3c(=O)[nH]c(N)nc32)C[C@H](O)[C@@](F)(COP(=O)(O)OP(=O)(O)O)O1. The molecular weight excluding hydrogens is 453 g/mol. The fraction of sp³-hybridized carbons (Fsp3) is 0.385. The molecule has 0 spiro atoms. The molecule has 0 saturated carbocycles. The van der Waals surface area contributed by atoms with E-state index in [0.717, 1.165) is 4.57 Å². The zero-order valence-corrected chi connectivity index (χ0v) is 16.5. The summed E-state index contributed by atoms with van der Waals surface area (Å²) in [6.45, 7) is -1.49. The zero-order chi connectivity index (χ0) is 22.5. The van der Waals surface area contributed by atoms with Crippen LogP contribution in [0.25, 0.3) is 11.0 Å². The number of hydrogen-bond donors (Lipinski definition) is 6. The van der Waals surface area contributed by atoms with E-state index in [-0.39, 0.29) is 17.0 Å². The standard InChI is InChI=1S/C13H15FN4O10P2/c1-2-12(18-4-3-7-9(18)16-11(15)17-10(7)20)5-8(19)13(14,27-12)6-26-30(24,25)28-29(21,22)23/h1,3-4,8,19H,5-6H2,(H,24,25)(H2,21,22,23)(H3,15,16,17,20)/t8-,12+,13+/m0/s1. The lowest BCUT2D eigenvalue weighted by molar-refractivity contribution is -0.222. The largest absolute Gasteiger partial charge is 0.481 e. The molecule has 7 N–H and O–H groups in total. The highest BCUT2D eigenvalue weighted by molar-refractivity contribution is 7.60. The third-order valence-electron chi connectivity index (χ3n) is 4.13. The van der Waals surface area contributed by atoms with Crippen molar-refractivity contribution in [1.29, 1.82) is 0 Å². The van der Waals surface area contributed by atoms with Crippen LogP contribution in [0.3, 0.4) is 0 Å². The smallest absolute Gasteiger partial charge is 0.387 e. The number of aliphatic hydroxyl groups is 1. The summed E-state index contributed by atoms with van der Waals surface area (Å²) in [5.41, 5.74) is 2.74. The van der Waals surface area contributed by atoms with E-state index >= 15 is 4.39 Å². The van der Waals surface area contributed by atoms with Crippen molar-refractivity contribution in [2.45, 2.75) is 24.1 Å². The van der Waals surface area contributed by atoms with Crippen LogP contribution in [-0.2, 0) is 28.4 Å². The van der Waals surface area contributed by atoms with Crippen LogP contribution in [0.1, 0.15) is 6.42 Å².